The van der Waals surface area contributed by atoms with Crippen molar-refractivity contribution >= 4 is 13.6 Å². The first-order chi connectivity index (χ1) is 14.5. The normalized spacial score (nSPS) is 30.0. The molecule has 0 radical (unpaired) electrons. The molecule has 0 aromatic heterocycles. The first-order valence-corrected chi connectivity index (χ1v) is 12.7. The predicted octanol–water partition coefficient (Wildman–Crippen LogP) is 3.50. The number of nitrogens with zero attached hydrogens (tertiary/aromatic N) is 1. The summed E-state index contributed by atoms with van der Waals surface area (Å²) in [6.45, 7) is 8.73. The number of nitrogens with one attached hydrogen (secondary N) is 2. The van der Waals surface area contributed by atoms with Crippen molar-refractivity contribution in [2.45, 2.75) is 103 Å². The highest BCUT2D eigenvalue weighted by Crippen LogP contribution is 2.59. The maximum Gasteiger partial charge on any atom is 0.359 e. The Kier molecular flexibility index (Phi) is 6.94. The number of rotatable bonds is 9. The molecule has 4 N–H and O–H groups in total. The van der Waals surface area contributed by atoms with Crippen molar-refractivity contribution < 1.29 is 28.6 Å². The van der Waals surface area contributed by atoms with E-state index in [0.717, 1.165) is 11.3 Å². The first-order valence-electron chi connectivity index (χ1n) is 11.1. The molecule has 1 fully saturated rings. The van der Waals surface area contributed by atoms with Crippen LogP contribution in [0.1, 0.15) is 73.1 Å². The summed E-state index contributed by atoms with van der Waals surface area (Å²) in [6, 6.07) is -0.220. The Balaban J connectivity index is 1.70. The fourth-order valence-corrected chi connectivity index (χ4v) is 5.72. The van der Waals surface area contributed by atoms with E-state index in [9.17, 15) is 19.4 Å². The van der Waals surface area contributed by atoms with Crippen LogP contribution in [0.15, 0.2) is 23.5 Å². The van der Waals surface area contributed by atoms with Crippen LogP contribution in [0.2, 0.25) is 0 Å². The number of carbonyl (C=O) groups excluding carboxylic acids is 1. The van der Waals surface area contributed by atoms with E-state index in [4.69, 9.17) is 9.26 Å². The average Bonchev–Trinajstić information content (AvgIpc) is 3.31. The topological polar surface area (TPSA) is 120 Å². The largest absolute Gasteiger partial charge is 0.378 e. The van der Waals surface area contributed by atoms with Crippen LogP contribution in [-0.4, -0.2) is 50.4 Å². The SMILES string of the molecule is CCC(CC)(CC1CCC(N2C=C3C=C(C)NC3NC2=O)O1)OP(=O)(O)C(C)(O)CC. The van der Waals surface area contributed by atoms with Gasteiger partial charge in [-0.2, -0.15) is 0 Å². The average molecular weight is 458 g/mol. The molecule has 0 aliphatic carbocycles. The Morgan fingerprint density at radius 2 is 1.94 bits per heavy atom. The second-order valence-electron chi connectivity index (χ2n) is 8.96. The number of hydrogen-bond donors (Lipinski definition) is 4. The van der Waals surface area contributed by atoms with Crippen LogP contribution < -0.4 is 10.6 Å². The quantitative estimate of drug-likeness (QED) is 0.391. The lowest BCUT2D eigenvalue weighted by atomic mass is 9.90. The maximum absolute atomic E-state index is 12.8. The van der Waals surface area contributed by atoms with Gasteiger partial charge in [0.15, 0.2) is 5.34 Å². The zero-order valence-corrected chi connectivity index (χ0v) is 19.9. The van der Waals surface area contributed by atoms with E-state index in [1.54, 1.807) is 11.8 Å². The van der Waals surface area contributed by atoms with Crippen molar-refractivity contribution in [3.63, 3.8) is 0 Å². The molecule has 0 bridgehead atoms. The van der Waals surface area contributed by atoms with E-state index in [0.29, 0.717) is 32.1 Å². The molecular weight excluding hydrogens is 421 g/mol. The number of carbonyl (C=O) groups is 1. The molecule has 0 saturated carbocycles. The van der Waals surface area contributed by atoms with Gasteiger partial charge >= 0.3 is 13.6 Å². The third-order valence-corrected chi connectivity index (χ3v) is 8.93. The van der Waals surface area contributed by atoms with Gasteiger partial charge in [0.05, 0.1) is 11.7 Å². The molecule has 9 nitrogen and oxygen atoms in total. The number of hydrogen-bond acceptors (Lipinski definition) is 6. The van der Waals surface area contributed by atoms with Gasteiger partial charge in [-0.25, -0.2) is 4.79 Å². The zero-order chi connectivity index (χ0) is 23.0. The first kappa shape index (κ1) is 24.3. The third kappa shape index (κ3) is 4.86. The second kappa shape index (κ2) is 8.87. The highest BCUT2D eigenvalue weighted by atomic mass is 31.2. The fraction of sp³-hybridized carbons (Fsp3) is 0.762. The van der Waals surface area contributed by atoms with E-state index in [-0.39, 0.29) is 24.7 Å². The number of urea groups is 1. The number of aliphatic hydroxyl groups is 1. The van der Waals surface area contributed by atoms with Gasteiger partial charge < -0.3 is 25.4 Å². The Hall–Kier alpha value is -1.38. The van der Waals surface area contributed by atoms with Crippen molar-refractivity contribution in [3.05, 3.63) is 23.5 Å². The second-order valence-corrected chi connectivity index (χ2v) is 11.1. The monoisotopic (exact) mass is 457 g/mol. The minimum Gasteiger partial charge on any atom is -0.378 e. The Morgan fingerprint density at radius 1 is 1.26 bits per heavy atom. The molecule has 31 heavy (non-hydrogen) atoms. The number of amides is 2. The standard InChI is InChI=1S/C21H36N3O6P/c1-6-20(5,26)31(27,28)30-21(7-2,8-3)12-16-9-10-17(29-16)24-13-15-11-14(4)22-18(15)23-19(24)25/h11,13,16-18,22,26H,6-10,12H2,1-5H3,(H,23,25)(H,27,28). The number of ether oxygens (including phenoxy) is 1. The molecule has 5 atom stereocenters. The lowest BCUT2D eigenvalue weighted by Gasteiger charge is -2.39. The molecule has 0 aromatic carbocycles. The summed E-state index contributed by atoms with van der Waals surface area (Å²) >= 11 is 0. The molecule has 2 amide bonds. The number of fused-ring (bicyclic) bond motifs is 1. The third-order valence-electron chi connectivity index (χ3n) is 6.76. The van der Waals surface area contributed by atoms with Crippen LogP contribution in [0.3, 0.4) is 0 Å². The summed E-state index contributed by atoms with van der Waals surface area (Å²) in [5, 5.41) is 14.7. The van der Waals surface area contributed by atoms with E-state index in [1.807, 2.05) is 33.0 Å². The summed E-state index contributed by atoms with van der Waals surface area (Å²) in [7, 11) is -4.27. The number of allylic oxidation sites excluding steroid dienone is 1. The Bertz CT molecular complexity index is 807. The van der Waals surface area contributed by atoms with E-state index >= 15 is 0 Å². The summed E-state index contributed by atoms with van der Waals surface area (Å²) in [5.74, 6) is 0. The molecule has 1 saturated heterocycles. The van der Waals surface area contributed by atoms with Crippen molar-refractivity contribution in [3.8, 4) is 0 Å². The van der Waals surface area contributed by atoms with Gasteiger partial charge in [-0.15, -0.1) is 0 Å². The van der Waals surface area contributed by atoms with Crippen LogP contribution in [0.25, 0.3) is 0 Å². The lowest BCUT2D eigenvalue weighted by Crippen LogP contribution is -2.54. The summed E-state index contributed by atoms with van der Waals surface area (Å²) in [4.78, 5) is 24.6. The van der Waals surface area contributed by atoms with Crippen LogP contribution in [0.4, 0.5) is 4.79 Å². The van der Waals surface area contributed by atoms with Crippen LogP contribution in [0.5, 0.6) is 0 Å². The van der Waals surface area contributed by atoms with E-state index in [1.165, 1.54) is 6.92 Å². The van der Waals surface area contributed by atoms with Gasteiger partial charge in [0.1, 0.15) is 12.4 Å². The lowest BCUT2D eigenvalue weighted by molar-refractivity contribution is -0.0640. The van der Waals surface area contributed by atoms with Gasteiger partial charge in [-0.05, 0) is 52.0 Å². The molecular formula is C21H36N3O6P. The molecule has 0 spiro atoms. The maximum atomic E-state index is 12.8. The van der Waals surface area contributed by atoms with Gasteiger partial charge in [0, 0.05) is 23.9 Å². The van der Waals surface area contributed by atoms with Crippen molar-refractivity contribution in [1.82, 2.24) is 15.5 Å². The van der Waals surface area contributed by atoms with Gasteiger partial charge in [0.25, 0.3) is 0 Å². The van der Waals surface area contributed by atoms with Crippen LogP contribution in [0, 0.1) is 0 Å². The molecule has 3 rings (SSSR count). The van der Waals surface area contributed by atoms with Crippen LogP contribution >= 0.6 is 7.60 Å². The highest BCUT2D eigenvalue weighted by Gasteiger charge is 2.48. The molecule has 3 heterocycles. The molecule has 5 unspecified atom stereocenters. The van der Waals surface area contributed by atoms with Gasteiger partial charge in [-0.1, -0.05) is 20.8 Å². The van der Waals surface area contributed by atoms with Crippen molar-refractivity contribution in [2.24, 2.45) is 0 Å². The zero-order valence-electron chi connectivity index (χ0n) is 19.1. The molecule has 3 aliphatic rings. The van der Waals surface area contributed by atoms with Gasteiger partial charge in [-0.3, -0.25) is 14.0 Å². The Labute approximate surface area is 184 Å². The summed E-state index contributed by atoms with van der Waals surface area (Å²) < 4.78 is 24.8. The van der Waals surface area contributed by atoms with E-state index in [2.05, 4.69) is 10.6 Å². The highest BCUT2D eigenvalue weighted by molar-refractivity contribution is 7.54. The molecule has 10 heteroatoms. The van der Waals surface area contributed by atoms with E-state index < -0.39 is 24.8 Å². The van der Waals surface area contributed by atoms with Gasteiger partial charge in [0.2, 0.25) is 0 Å². The minimum absolute atomic E-state index is 0.106. The smallest absolute Gasteiger partial charge is 0.359 e. The summed E-state index contributed by atoms with van der Waals surface area (Å²) in [5.41, 5.74) is 1.08. The molecule has 176 valence electrons. The fourth-order valence-electron chi connectivity index (χ4n) is 4.27. The predicted molar refractivity (Wildman–Crippen MR) is 117 cm³/mol. The van der Waals surface area contributed by atoms with Crippen molar-refractivity contribution in [1.29, 1.82) is 0 Å². The van der Waals surface area contributed by atoms with Crippen LogP contribution in [-0.2, 0) is 13.8 Å². The molecule has 3 aliphatic heterocycles. The molecule has 0 aromatic rings. The summed E-state index contributed by atoms with van der Waals surface area (Å²) in [6.07, 6.45) is 5.89. The Morgan fingerprint density at radius 3 is 2.55 bits per heavy atom. The van der Waals surface area contributed by atoms with Crippen molar-refractivity contribution in [2.75, 3.05) is 0 Å². The minimum atomic E-state index is -4.27.